The van der Waals surface area contributed by atoms with E-state index in [-0.39, 0.29) is 24.2 Å². The molecule has 2 aromatic rings. The van der Waals surface area contributed by atoms with Crippen molar-refractivity contribution < 1.29 is 9.59 Å². The molecule has 5 nitrogen and oxygen atoms in total. The number of nitrogens with two attached hydrogens (primary N) is 1. The number of aryl methyl sites for hydroxylation is 1. The number of hydrogen-bond acceptors (Lipinski definition) is 3. The minimum absolute atomic E-state index is 0. The lowest BCUT2D eigenvalue weighted by Gasteiger charge is -2.13. The lowest BCUT2D eigenvalue weighted by molar-refractivity contribution is -0.122. The fourth-order valence-electron chi connectivity index (χ4n) is 2.39. The van der Waals surface area contributed by atoms with E-state index in [1.807, 2.05) is 50.2 Å². The summed E-state index contributed by atoms with van der Waals surface area (Å²) in [5.74, 6) is -0.351. The first-order valence-electron chi connectivity index (χ1n) is 8.48. The second-order valence-corrected chi connectivity index (χ2v) is 6.06. The van der Waals surface area contributed by atoms with Crippen molar-refractivity contribution in [3.63, 3.8) is 0 Å². The summed E-state index contributed by atoms with van der Waals surface area (Å²) in [6.45, 7) is 4.96. The van der Waals surface area contributed by atoms with Crippen LogP contribution >= 0.6 is 12.4 Å². The Balaban J connectivity index is 0.00000338. The zero-order chi connectivity index (χ0) is 18.2. The van der Waals surface area contributed by atoms with Gasteiger partial charge in [-0.3, -0.25) is 9.59 Å². The van der Waals surface area contributed by atoms with Gasteiger partial charge in [0.2, 0.25) is 5.91 Å². The largest absolute Gasteiger partial charge is 0.352 e. The molecule has 2 aromatic carbocycles. The van der Waals surface area contributed by atoms with E-state index in [4.69, 9.17) is 5.73 Å². The highest BCUT2D eigenvalue weighted by Gasteiger charge is 2.15. The Bertz CT molecular complexity index is 732. The van der Waals surface area contributed by atoms with E-state index in [0.29, 0.717) is 18.7 Å². The maximum Gasteiger partial charge on any atom is 0.251 e. The van der Waals surface area contributed by atoms with Crippen molar-refractivity contribution in [1.29, 1.82) is 0 Å². The van der Waals surface area contributed by atoms with Crippen molar-refractivity contribution in [3.8, 4) is 0 Å². The highest BCUT2D eigenvalue weighted by Crippen LogP contribution is 2.12. The first kappa shape index (κ1) is 21.7. The van der Waals surface area contributed by atoms with Crippen molar-refractivity contribution in [2.24, 2.45) is 5.73 Å². The molecule has 0 radical (unpaired) electrons. The molecule has 2 rings (SSSR count). The minimum Gasteiger partial charge on any atom is -0.352 e. The van der Waals surface area contributed by atoms with Gasteiger partial charge >= 0.3 is 0 Å². The average Bonchev–Trinajstić information content (AvgIpc) is 2.64. The van der Waals surface area contributed by atoms with Gasteiger partial charge in [0.1, 0.15) is 6.04 Å². The second-order valence-electron chi connectivity index (χ2n) is 6.06. The zero-order valence-electron chi connectivity index (χ0n) is 15.1. The van der Waals surface area contributed by atoms with Crippen LogP contribution in [0.3, 0.4) is 0 Å². The molecular formula is C20H26ClN3O2. The molecule has 4 N–H and O–H groups in total. The van der Waals surface area contributed by atoms with Crippen LogP contribution in [0.25, 0.3) is 0 Å². The van der Waals surface area contributed by atoms with Crippen molar-refractivity contribution in [2.45, 2.75) is 32.9 Å². The van der Waals surface area contributed by atoms with Gasteiger partial charge in [0.15, 0.2) is 0 Å². The van der Waals surface area contributed by atoms with Gasteiger partial charge in [0.25, 0.3) is 5.91 Å². The SMILES string of the molecule is CCCNC(=O)c1cccc(CNC(=O)C(N)c2ccc(C)cc2)c1.Cl. The van der Waals surface area contributed by atoms with E-state index in [2.05, 4.69) is 10.6 Å². The standard InChI is InChI=1S/C20H25N3O2.ClH/c1-3-11-22-19(24)17-6-4-5-15(12-17)13-23-20(25)18(21)16-9-7-14(2)8-10-16;/h4-10,12,18H,3,11,13,21H2,1-2H3,(H,22,24)(H,23,25);1H. The molecule has 0 aromatic heterocycles. The molecule has 0 spiro atoms. The van der Waals surface area contributed by atoms with Gasteiger partial charge in [-0.25, -0.2) is 0 Å². The van der Waals surface area contributed by atoms with Crippen LogP contribution in [-0.4, -0.2) is 18.4 Å². The van der Waals surface area contributed by atoms with E-state index in [0.717, 1.165) is 23.1 Å². The molecule has 0 saturated heterocycles. The van der Waals surface area contributed by atoms with Crippen LogP contribution < -0.4 is 16.4 Å². The number of rotatable bonds is 7. The molecule has 140 valence electrons. The predicted octanol–water partition coefficient (Wildman–Crippen LogP) is 2.87. The first-order valence-corrected chi connectivity index (χ1v) is 8.48. The number of hydrogen-bond donors (Lipinski definition) is 3. The maximum atomic E-state index is 12.2. The molecule has 0 heterocycles. The molecule has 1 unspecified atom stereocenters. The van der Waals surface area contributed by atoms with Gasteiger partial charge in [-0.2, -0.15) is 0 Å². The van der Waals surface area contributed by atoms with Crippen LogP contribution in [0.15, 0.2) is 48.5 Å². The summed E-state index contributed by atoms with van der Waals surface area (Å²) in [6.07, 6.45) is 0.887. The van der Waals surface area contributed by atoms with Gasteiger partial charge in [0.05, 0.1) is 0 Å². The number of nitrogens with one attached hydrogen (secondary N) is 2. The topological polar surface area (TPSA) is 84.2 Å². The Morgan fingerprint density at radius 3 is 2.42 bits per heavy atom. The van der Waals surface area contributed by atoms with Gasteiger partial charge in [0, 0.05) is 18.7 Å². The van der Waals surface area contributed by atoms with Crippen LogP contribution in [0.4, 0.5) is 0 Å². The molecule has 0 bridgehead atoms. The summed E-state index contributed by atoms with van der Waals surface area (Å²) in [5.41, 5.74) is 9.34. The van der Waals surface area contributed by atoms with E-state index >= 15 is 0 Å². The van der Waals surface area contributed by atoms with Gasteiger partial charge in [-0.05, 0) is 36.6 Å². The highest BCUT2D eigenvalue weighted by atomic mass is 35.5. The Labute approximate surface area is 160 Å². The fraction of sp³-hybridized carbons (Fsp3) is 0.300. The summed E-state index contributed by atoms with van der Waals surface area (Å²) < 4.78 is 0. The van der Waals surface area contributed by atoms with E-state index < -0.39 is 6.04 Å². The van der Waals surface area contributed by atoms with E-state index in [1.54, 1.807) is 12.1 Å². The third-order valence-electron chi connectivity index (χ3n) is 3.91. The molecule has 0 aliphatic heterocycles. The minimum atomic E-state index is -0.711. The van der Waals surface area contributed by atoms with Crippen LogP contribution in [0.2, 0.25) is 0 Å². The second kappa shape index (κ2) is 10.6. The van der Waals surface area contributed by atoms with Crippen molar-refractivity contribution in [2.75, 3.05) is 6.54 Å². The Morgan fingerprint density at radius 2 is 1.77 bits per heavy atom. The van der Waals surface area contributed by atoms with Crippen LogP contribution in [0.1, 0.15) is 46.4 Å². The smallest absolute Gasteiger partial charge is 0.251 e. The predicted molar refractivity (Wildman–Crippen MR) is 106 cm³/mol. The van der Waals surface area contributed by atoms with Gasteiger partial charge < -0.3 is 16.4 Å². The Kier molecular flexibility index (Phi) is 8.82. The third-order valence-corrected chi connectivity index (χ3v) is 3.91. The molecule has 2 amide bonds. The van der Waals surface area contributed by atoms with E-state index in [1.165, 1.54) is 0 Å². The summed E-state index contributed by atoms with van der Waals surface area (Å²) in [4.78, 5) is 24.2. The van der Waals surface area contributed by atoms with Gasteiger partial charge in [-0.15, -0.1) is 12.4 Å². The normalized spacial score (nSPS) is 11.2. The molecule has 26 heavy (non-hydrogen) atoms. The quantitative estimate of drug-likeness (QED) is 0.695. The van der Waals surface area contributed by atoms with Crippen molar-refractivity contribution in [1.82, 2.24) is 10.6 Å². The lowest BCUT2D eigenvalue weighted by atomic mass is 10.0. The monoisotopic (exact) mass is 375 g/mol. The summed E-state index contributed by atoms with van der Waals surface area (Å²) in [6, 6.07) is 14.1. The van der Waals surface area contributed by atoms with Crippen LogP contribution in [0, 0.1) is 6.92 Å². The summed E-state index contributed by atoms with van der Waals surface area (Å²) in [5, 5.41) is 5.66. The molecule has 0 aliphatic rings. The molecular weight excluding hydrogens is 350 g/mol. The fourth-order valence-corrected chi connectivity index (χ4v) is 2.39. The van der Waals surface area contributed by atoms with E-state index in [9.17, 15) is 9.59 Å². The first-order chi connectivity index (χ1) is 12.0. The molecule has 0 saturated carbocycles. The number of carbonyl (C=O) groups excluding carboxylic acids is 2. The van der Waals surface area contributed by atoms with Crippen LogP contribution in [0.5, 0.6) is 0 Å². The summed E-state index contributed by atoms with van der Waals surface area (Å²) >= 11 is 0. The zero-order valence-corrected chi connectivity index (χ0v) is 15.9. The number of benzene rings is 2. The lowest BCUT2D eigenvalue weighted by Crippen LogP contribution is -2.33. The molecule has 0 aliphatic carbocycles. The Morgan fingerprint density at radius 1 is 1.08 bits per heavy atom. The number of halogens is 1. The van der Waals surface area contributed by atoms with Gasteiger partial charge in [-0.1, -0.05) is 48.9 Å². The molecule has 6 heteroatoms. The number of carbonyl (C=O) groups is 2. The van der Waals surface area contributed by atoms with Crippen molar-refractivity contribution in [3.05, 3.63) is 70.8 Å². The van der Waals surface area contributed by atoms with Crippen molar-refractivity contribution >= 4 is 24.2 Å². The third kappa shape index (κ3) is 6.17. The summed E-state index contributed by atoms with van der Waals surface area (Å²) in [7, 11) is 0. The average molecular weight is 376 g/mol. The molecule has 1 atom stereocenters. The highest BCUT2D eigenvalue weighted by molar-refractivity contribution is 5.94. The molecule has 0 fully saturated rings. The van der Waals surface area contributed by atoms with Crippen LogP contribution in [-0.2, 0) is 11.3 Å². The number of amides is 2. The Hall–Kier alpha value is -2.37. The maximum absolute atomic E-state index is 12.2.